The van der Waals surface area contributed by atoms with Gasteiger partial charge in [-0.2, -0.15) is 5.10 Å². The Morgan fingerprint density at radius 1 is 1.07 bits per heavy atom. The van der Waals surface area contributed by atoms with E-state index in [-0.39, 0.29) is 24.0 Å². The van der Waals surface area contributed by atoms with Gasteiger partial charge in [-0.15, -0.1) is 0 Å². The van der Waals surface area contributed by atoms with Crippen molar-refractivity contribution in [3.8, 4) is 0 Å². The number of halogens is 2. The first-order chi connectivity index (χ1) is 19.3. The number of hydrogen-bond acceptors (Lipinski definition) is 4. The molecular formula is C32H38Cl2N4O3. The second kappa shape index (κ2) is 11.0. The van der Waals surface area contributed by atoms with Crippen LogP contribution in [0.3, 0.4) is 0 Å². The van der Waals surface area contributed by atoms with Crippen LogP contribution in [0.15, 0.2) is 36.4 Å². The predicted octanol–water partition coefficient (Wildman–Crippen LogP) is 8.08. The molecule has 0 spiro atoms. The molecule has 1 aromatic heterocycles. The normalized spacial score (nSPS) is 18.9. The largest absolute Gasteiger partial charge is 0.444 e. The smallest absolute Gasteiger partial charge is 0.410 e. The van der Waals surface area contributed by atoms with Crippen LogP contribution in [0.4, 0.5) is 10.5 Å². The molecule has 5 rings (SSSR count). The number of benzene rings is 2. The first-order valence-electron chi connectivity index (χ1n) is 14.2. The fourth-order valence-corrected chi connectivity index (χ4v) is 6.54. The summed E-state index contributed by atoms with van der Waals surface area (Å²) in [5, 5.41) is 6.17. The zero-order chi connectivity index (χ0) is 29.8. The molecule has 41 heavy (non-hydrogen) atoms. The minimum Gasteiger partial charge on any atom is -0.444 e. The number of nitrogens with zero attached hydrogens (tertiary/aromatic N) is 4. The minimum atomic E-state index is -0.571. The number of rotatable bonds is 5. The van der Waals surface area contributed by atoms with Gasteiger partial charge in [-0.05, 0) is 94.3 Å². The number of carbonyl (C=O) groups is 2. The molecule has 1 saturated heterocycles. The van der Waals surface area contributed by atoms with E-state index >= 15 is 0 Å². The summed E-state index contributed by atoms with van der Waals surface area (Å²) in [6.45, 7) is 15.0. The number of anilines is 1. The van der Waals surface area contributed by atoms with E-state index in [1.165, 1.54) is 0 Å². The van der Waals surface area contributed by atoms with Crippen molar-refractivity contribution in [3.63, 3.8) is 0 Å². The van der Waals surface area contributed by atoms with Crippen molar-refractivity contribution in [3.05, 3.63) is 80.1 Å². The van der Waals surface area contributed by atoms with Crippen LogP contribution in [0.2, 0.25) is 10.0 Å². The molecule has 9 heteroatoms. The zero-order valence-corrected chi connectivity index (χ0v) is 26.3. The number of aromatic nitrogens is 2. The van der Waals surface area contributed by atoms with Crippen LogP contribution in [0.5, 0.6) is 0 Å². The molecule has 1 fully saturated rings. The van der Waals surface area contributed by atoms with Crippen LogP contribution in [0, 0.1) is 13.8 Å². The Balaban J connectivity index is 1.62. The highest BCUT2D eigenvalue weighted by Gasteiger charge is 2.46. The Labute approximate surface area is 252 Å². The molecule has 2 aliphatic rings. The third-order valence-electron chi connectivity index (χ3n) is 7.88. The second-order valence-corrected chi connectivity index (χ2v) is 13.3. The van der Waals surface area contributed by atoms with Gasteiger partial charge >= 0.3 is 6.09 Å². The lowest BCUT2D eigenvalue weighted by molar-refractivity contribution is 0.0210. The Hall–Kier alpha value is -3.03. The van der Waals surface area contributed by atoms with Gasteiger partial charge in [-0.25, -0.2) is 4.79 Å². The molecule has 3 heterocycles. The minimum absolute atomic E-state index is 0.0699. The highest BCUT2D eigenvalue weighted by Crippen LogP contribution is 2.47. The van der Waals surface area contributed by atoms with Crippen molar-refractivity contribution in [2.45, 2.75) is 91.5 Å². The van der Waals surface area contributed by atoms with Crippen LogP contribution < -0.4 is 4.90 Å². The molecule has 2 amide bonds. The number of ether oxygens (including phenoxy) is 1. The summed E-state index contributed by atoms with van der Waals surface area (Å²) in [4.78, 5) is 30.9. The Bertz CT molecular complexity index is 1510. The predicted molar refractivity (Wildman–Crippen MR) is 163 cm³/mol. The standard InChI is InChI=1S/C32H38Cl2N4O3/c1-18(2)28-26-27(35-37(28)17-23-9-8-14-36(23)31(40)41-32(5,6)7)30(39)38(25-16-22(34)11-10-19(25)3)29(26)24-13-12-21(33)15-20(24)4/h10-13,15-16,18,23,29H,8-9,14,17H2,1-7H3/t23-,29?/m0/s1. The molecule has 0 aliphatic carbocycles. The van der Waals surface area contributed by atoms with Gasteiger partial charge in [0.05, 0.1) is 18.6 Å². The molecule has 218 valence electrons. The first kappa shape index (κ1) is 29.5. The maximum absolute atomic E-state index is 14.3. The van der Waals surface area contributed by atoms with Gasteiger partial charge in [0.15, 0.2) is 5.69 Å². The van der Waals surface area contributed by atoms with Gasteiger partial charge in [0.2, 0.25) is 0 Å². The van der Waals surface area contributed by atoms with Crippen LogP contribution >= 0.6 is 23.2 Å². The molecule has 2 atom stereocenters. The molecule has 2 aromatic carbocycles. The fraction of sp³-hybridized carbons (Fsp3) is 0.469. The SMILES string of the molecule is Cc1cc(Cl)ccc1C1c2c(nn(C[C@@H]3CCCN3C(=O)OC(C)(C)C)c2C(C)C)C(=O)N1c1cc(Cl)ccc1C. The monoisotopic (exact) mass is 596 g/mol. The maximum atomic E-state index is 14.3. The van der Waals surface area contributed by atoms with E-state index < -0.39 is 11.6 Å². The highest BCUT2D eigenvalue weighted by molar-refractivity contribution is 6.31. The summed E-state index contributed by atoms with van der Waals surface area (Å²) in [7, 11) is 0. The van der Waals surface area contributed by atoms with Crippen molar-refractivity contribution in [2.24, 2.45) is 0 Å². The lowest BCUT2D eigenvalue weighted by Gasteiger charge is -2.31. The molecule has 2 aliphatic heterocycles. The van der Waals surface area contributed by atoms with E-state index in [1.54, 1.807) is 0 Å². The molecule has 3 aromatic rings. The zero-order valence-electron chi connectivity index (χ0n) is 24.8. The van der Waals surface area contributed by atoms with Crippen molar-refractivity contribution in [2.75, 3.05) is 11.4 Å². The third-order valence-corrected chi connectivity index (χ3v) is 8.35. The first-order valence-corrected chi connectivity index (χ1v) is 15.0. The molecule has 0 N–H and O–H groups in total. The van der Waals surface area contributed by atoms with Crippen LogP contribution in [0.25, 0.3) is 0 Å². The number of aryl methyl sites for hydroxylation is 2. The Morgan fingerprint density at radius 2 is 1.76 bits per heavy atom. The summed E-state index contributed by atoms with van der Waals surface area (Å²) in [6, 6.07) is 10.9. The summed E-state index contributed by atoms with van der Waals surface area (Å²) in [6.07, 6.45) is 1.44. The van der Waals surface area contributed by atoms with E-state index in [2.05, 4.69) is 13.8 Å². The van der Waals surface area contributed by atoms with Gasteiger partial charge in [-0.3, -0.25) is 14.4 Å². The Kier molecular flexibility index (Phi) is 7.90. The molecule has 0 saturated carbocycles. The van der Waals surface area contributed by atoms with Gasteiger partial charge < -0.3 is 9.64 Å². The average Bonchev–Trinajstić information content (AvgIpc) is 3.54. The summed E-state index contributed by atoms with van der Waals surface area (Å²) in [5.41, 5.74) is 5.44. The lowest BCUT2D eigenvalue weighted by atomic mass is 9.91. The van der Waals surface area contributed by atoms with E-state index in [4.69, 9.17) is 33.0 Å². The Morgan fingerprint density at radius 3 is 2.41 bits per heavy atom. The summed E-state index contributed by atoms with van der Waals surface area (Å²) >= 11 is 12.8. The number of carbonyl (C=O) groups excluding carboxylic acids is 2. The van der Waals surface area contributed by atoms with Gasteiger partial charge in [0, 0.05) is 33.5 Å². The highest BCUT2D eigenvalue weighted by atomic mass is 35.5. The van der Waals surface area contributed by atoms with E-state index in [9.17, 15) is 9.59 Å². The molecule has 1 unspecified atom stereocenters. The molecule has 7 nitrogen and oxygen atoms in total. The van der Waals surface area contributed by atoms with Gasteiger partial charge in [0.1, 0.15) is 5.60 Å². The lowest BCUT2D eigenvalue weighted by Crippen LogP contribution is -2.42. The van der Waals surface area contributed by atoms with E-state index in [0.29, 0.717) is 28.8 Å². The number of hydrogen-bond donors (Lipinski definition) is 0. The topological polar surface area (TPSA) is 67.7 Å². The van der Waals surface area contributed by atoms with Crippen LogP contribution in [-0.4, -0.2) is 44.9 Å². The summed E-state index contributed by atoms with van der Waals surface area (Å²) < 4.78 is 7.66. The van der Waals surface area contributed by atoms with E-state index in [0.717, 1.165) is 46.5 Å². The van der Waals surface area contributed by atoms with Crippen molar-refractivity contribution in [1.82, 2.24) is 14.7 Å². The number of likely N-dealkylation sites (tertiary alicyclic amines) is 1. The number of amides is 2. The van der Waals surface area contributed by atoms with Crippen molar-refractivity contribution < 1.29 is 14.3 Å². The summed E-state index contributed by atoms with van der Waals surface area (Å²) in [5.74, 6) is -0.0910. The molecular weight excluding hydrogens is 559 g/mol. The third kappa shape index (κ3) is 5.59. The maximum Gasteiger partial charge on any atom is 0.410 e. The van der Waals surface area contributed by atoms with Crippen LogP contribution in [0.1, 0.15) is 97.9 Å². The van der Waals surface area contributed by atoms with E-state index in [1.807, 2.05) is 85.5 Å². The van der Waals surface area contributed by atoms with Gasteiger partial charge in [-0.1, -0.05) is 49.2 Å². The van der Waals surface area contributed by atoms with Gasteiger partial charge in [0.25, 0.3) is 5.91 Å². The number of fused-ring (bicyclic) bond motifs is 1. The van der Waals surface area contributed by atoms with Crippen molar-refractivity contribution in [1.29, 1.82) is 0 Å². The second-order valence-electron chi connectivity index (χ2n) is 12.5. The molecule has 0 radical (unpaired) electrons. The average molecular weight is 598 g/mol. The van der Waals surface area contributed by atoms with Crippen LogP contribution in [-0.2, 0) is 11.3 Å². The quantitative estimate of drug-likeness (QED) is 0.298. The fourth-order valence-electron chi connectivity index (χ4n) is 6.14. The molecule has 0 bridgehead atoms. The van der Waals surface area contributed by atoms with Crippen molar-refractivity contribution >= 4 is 40.9 Å².